The zero-order valence-electron chi connectivity index (χ0n) is 19.0. The van der Waals surface area contributed by atoms with Crippen LogP contribution in [0.25, 0.3) is 11.0 Å². The van der Waals surface area contributed by atoms with Gasteiger partial charge in [-0.3, -0.25) is 14.8 Å². The molecule has 0 bridgehead atoms. The fraction of sp³-hybridized carbons (Fsp3) is 0.167. The third kappa shape index (κ3) is 5.11. The highest BCUT2D eigenvalue weighted by Gasteiger charge is 2.34. The van der Waals surface area contributed by atoms with Crippen LogP contribution in [0.3, 0.4) is 0 Å². The Labute approximate surface area is 201 Å². The minimum absolute atomic E-state index is 0.0835. The van der Waals surface area contributed by atoms with Crippen molar-refractivity contribution in [3.05, 3.63) is 82.9 Å². The van der Waals surface area contributed by atoms with E-state index < -0.39 is 29.5 Å². The molecule has 0 saturated carbocycles. The molecular formula is C24H19F4N5O3. The highest BCUT2D eigenvalue weighted by molar-refractivity contribution is 6.11. The molecule has 0 atom stereocenters. The van der Waals surface area contributed by atoms with Crippen LogP contribution in [0.2, 0.25) is 0 Å². The van der Waals surface area contributed by atoms with Crippen LogP contribution in [0, 0.1) is 12.7 Å². The Morgan fingerprint density at radius 3 is 2.53 bits per heavy atom. The number of fused-ring (bicyclic) bond motifs is 1. The molecule has 0 unspecified atom stereocenters. The van der Waals surface area contributed by atoms with Gasteiger partial charge in [0, 0.05) is 18.9 Å². The minimum Gasteiger partial charge on any atom is -0.487 e. The summed E-state index contributed by atoms with van der Waals surface area (Å²) in [6, 6.07) is 9.97. The van der Waals surface area contributed by atoms with E-state index in [0.29, 0.717) is 28.9 Å². The van der Waals surface area contributed by atoms with Gasteiger partial charge >= 0.3 is 12.2 Å². The van der Waals surface area contributed by atoms with E-state index in [2.05, 4.69) is 15.4 Å². The zero-order chi connectivity index (χ0) is 26.0. The van der Waals surface area contributed by atoms with Crippen LogP contribution in [0.15, 0.2) is 54.7 Å². The van der Waals surface area contributed by atoms with Crippen LogP contribution in [-0.2, 0) is 19.8 Å². The van der Waals surface area contributed by atoms with Gasteiger partial charge in [0.05, 0.1) is 16.6 Å². The summed E-state index contributed by atoms with van der Waals surface area (Å²) in [6.45, 7) is 1.82. The van der Waals surface area contributed by atoms with E-state index in [-0.39, 0.29) is 23.6 Å². The fourth-order valence-electron chi connectivity index (χ4n) is 3.57. The number of urea groups is 1. The Hall–Kier alpha value is -4.48. The SMILES string of the molecule is Cc1nn(C)c2ncc(C(=O)NC(=O)Nc3ccc(F)c(C(F)(F)F)c3)c(OCc3ccccc3)c12. The number of ether oxygens (including phenoxy) is 1. The Kier molecular flexibility index (Phi) is 6.60. The fourth-order valence-corrected chi connectivity index (χ4v) is 3.57. The lowest BCUT2D eigenvalue weighted by Crippen LogP contribution is -2.34. The first kappa shape index (κ1) is 24.6. The summed E-state index contributed by atoms with van der Waals surface area (Å²) in [7, 11) is 1.67. The summed E-state index contributed by atoms with van der Waals surface area (Å²) in [6.07, 6.45) is -3.74. The van der Waals surface area contributed by atoms with Crippen molar-refractivity contribution in [3.8, 4) is 5.75 Å². The van der Waals surface area contributed by atoms with Gasteiger partial charge in [0.15, 0.2) is 5.65 Å². The molecule has 4 aromatic rings. The van der Waals surface area contributed by atoms with E-state index in [1.165, 1.54) is 10.9 Å². The number of hydrogen-bond acceptors (Lipinski definition) is 5. The zero-order valence-corrected chi connectivity index (χ0v) is 19.0. The first-order chi connectivity index (χ1) is 17.0. The third-order valence-corrected chi connectivity index (χ3v) is 5.21. The highest BCUT2D eigenvalue weighted by atomic mass is 19.4. The Balaban J connectivity index is 1.60. The highest BCUT2D eigenvalue weighted by Crippen LogP contribution is 2.33. The molecule has 2 aromatic heterocycles. The topological polar surface area (TPSA) is 98.1 Å². The Morgan fingerprint density at radius 2 is 1.83 bits per heavy atom. The molecule has 36 heavy (non-hydrogen) atoms. The van der Waals surface area contributed by atoms with Gasteiger partial charge in [-0.25, -0.2) is 14.2 Å². The minimum atomic E-state index is -4.96. The molecular weight excluding hydrogens is 482 g/mol. The molecule has 2 aromatic carbocycles. The summed E-state index contributed by atoms with van der Waals surface area (Å²) < 4.78 is 59.8. The standard InChI is InChI=1S/C24H19F4N5O3/c1-13-19-20(36-12-14-6-4-3-5-7-14)16(11-29-21(19)33(2)32-13)22(34)31-23(35)30-15-8-9-18(25)17(10-15)24(26,27)28/h3-11H,12H2,1-2H3,(H2,30,31,34,35). The van der Waals surface area contributed by atoms with E-state index in [1.54, 1.807) is 14.0 Å². The summed E-state index contributed by atoms with van der Waals surface area (Å²) in [5.41, 5.74) is -0.184. The number of amides is 3. The summed E-state index contributed by atoms with van der Waals surface area (Å²) in [4.78, 5) is 29.6. The number of halogens is 4. The second-order valence-corrected chi connectivity index (χ2v) is 7.78. The molecule has 186 valence electrons. The molecule has 8 nitrogen and oxygen atoms in total. The maximum absolute atomic E-state index is 13.5. The first-order valence-corrected chi connectivity index (χ1v) is 10.5. The van der Waals surface area contributed by atoms with Crippen molar-refractivity contribution < 1.29 is 31.9 Å². The van der Waals surface area contributed by atoms with Crippen LogP contribution in [-0.4, -0.2) is 26.7 Å². The molecule has 12 heteroatoms. The number of alkyl halides is 3. The van der Waals surface area contributed by atoms with Crippen molar-refractivity contribution >= 4 is 28.7 Å². The lowest BCUT2D eigenvalue weighted by atomic mass is 10.1. The monoisotopic (exact) mass is 501 g/mol. The first-order valence-electron chi connectivity index (χ1n) is 10.5. The largest absolute Gasteiger partial charge is 0.487 e. The van der Waals surface area contributed by atoms with Crippen LogP contribution >= 0.6 is 0 Å². The van der Waals surface area contributed by atoms with Crippen LogP contribution in [0.5, 0.6) is 5.75 Å². The number of pyridine rings is 1. The van der Waals surface area contributed by atoms with Crippen molar-refractivity contribution in [3.63, 3.8) is 0 Å². The predicted molar refractivity (Wildman–Crippen MR) is 122 cm³/mol. The number of carbonyl (C=O) groups is 2. The lowest BCUT2D eigenvalue weighted by molar-refractivity contribution is -0.139. The van der Waals surface area contributed by atoms with Crippen molar-refractivity contribution in [2.75, 3.05) is 5.32 Å². The van der Waals surface area contributed by atoms with Gasteiger partial charge in [0.1, 0.15) is 23.7 Å². The number of anilines is 1. The number of aryl methyl sites for hydroxylation is 2. The van der Waals surface area contributed by atoms with Crippen LogP contribution < -0.4 is 15.4 Å². The molecule has 0 aliphatic heterocycles. The van der Waals surface area contributed by atoms with Gasteiger partial charge in [0.25, 0.3) is 5.91 Å². The van der Waals surface area contributed by atoms with Crippen LogP contribution in [0.4, 0.5) is 28.0 Å². The Bertz CT molecular complexity index is 1450. The normalized spacial score (nSPS) is 11.4. The van der Waals surface area contributed by atoms with Crippen LogP contribution in [0.1, 0.15) is 27.2 Å². The van der Waals surface area contributed by atoms with Crippen molar-refractivity contribution in [2.45, 2.75) is 19.7 Å². The molecule has 2 heterocycles. The second-order valence-electron chi connectivity index (χ2n) is 7.78. The van der Waals surface area contributed by atoms with E-state index in [4.69, 9.17) is 4.74 Å². The number of nitrogens with zero attached hydrogens (tertiary/aromatic N) is 3. The Morgan fingerprint density at radius 1 is 1.11 bits per heavy atom. The smallest absolute Gasteiger partial charge is 0.419 e. The average Bonchev–Trinajstić information content (AvgIpc) is 3.12. The number of aromatic nitrogens is 3. The molecule has 0 radical (unpaired) electrons. The molecule has 0 spiro atoms. The quantitative estimate of drug-likeness (QED) is 0.376. The van der Waals surface area contributed by atoms with Gasteiger partial charge in [-0.15, -0.1) is 0 Å². The van der Waals surface area contributed by atoms with E-state index >= 15 is 0 Å². The lowest BCUT2D eigenvalue weighted by Gasteiger charge is -2.14. The van der Waals surface area contributed by atoms with Crippen molar-refractivity contribution in [2.24, 2.45) is 7.05 Å². The molecule has 0 saturated heterocycles. The summed E-state index contributed by atoms with van der Waals surface area (Å²) in [5.74, 6) is -2.26. The maximum Gasteiger partial charge on any atom is 0.419 e. The molecule has 0 fully saturated rings. The van der Waals surface area contributed by atoms with Gasteiger partial charge in [0.2, 0.25) is 0 Å². The molecule has 4 rings (SSSR count). The van der Waals surface area contributed by atoms with Crippen molar-refractivity contribution in [1.82, 2.24) is 20.1 Å². The van der Waals surface area contributed by atoms with Gasteiger partial charge < -0.3 is 10.1 Å². The second kappa shape index (κ2) is 9.64. The van der Waals surface area contributed by atoms with E-state index in [0.717, 1.165) is 11.6 Å². The van der Waals surface area contributed by atoms with E-state index in [1.807, 2.05) is 35.6 Å². The summed E-state index contributed by atoms with van der Waals surface area (Å²) >= 11 is 0. The van der Waals surface area contributed by atoms with Gasteiger partial charge in [-0.05, 0) is 30.7 Å². The van der Waals surface area contributed by atoms with Gasteiger partial charge in [-0.2, -0.15) is 18.3 Å². The number of rotatable bonds is 5. The summed E-state index contributed by atoms with van der Waals surface area (Å²) in [5, 5.41) is 8.90. The number of hydrogen-bond donors (Lipinski definition) is 2. The van der Waals surface area contributed by atoms with Gasteiger partial charge in [-0.1, -0.05) is 30.3 Å². The number of imide groups is 1. The predicted octanol–water partition coefficient (Wildman–Crippen LogP) is 4.98. The number of nitrogens with one attached hydrogen (secondary N) is 2. The average molecular weight is 501 g/mol. The molecule has 0 aliphatic carbocycles. The number of benzene rings is 2. The maximum atomic E-state index is 13.5. The molecule has 2 N–H and O–H groups in total. The van der Waals surface area contributed by atoms with E-state index in [9.17, 15) is 27.2 Å². The number of carbonyl (C=O) groups excluding carboxylic acids is 2. The molecule has 0 aliphatic rings. The molecule has 3 amide bonds. The third-order valence-electron chi connectivity index (χ3n) is 5.21. The van der Waals surface area contributed by atoms with Crippen molar-refractivity contribution in [1.29, 1.82) is 0 Å².